The van der Waals surface area contributed by atoms with Crippen LogP contribution in [0.15, 0.2) is 6.20 Å². The van der Waals surface area contributed by atoms with Crippen LogP contribution in [0.25, 0.3) is 0 Å². The molecule has 1 aromatic rings. The number of pyridine rings is 1. The van der Waals surface area contributed by atoms with E-state index in [1.54, 1.807) is 0 Å². The first kappa shape index (κ1) is 14.4. The van der Waals surface area contributed by atoms with Crippen molar-refractivity contribution in [3.63, 3.8) is 0 Å². The van der Waals surface area contributed by atoms with Crippen LogP contribution >= 0.6 is 0 Å². The van der Waals surface area contributed by atoms with E-state index >= 15 is 0 Å². The molecule has 0 bridgehead atoms. The Bertz CT molecular complexity index is 463. The summed E-state index contributed by atoms with van der Waals surface area (Å²) < 4.78 is 0. The number of hydrogen-bond acceptors (Lipinski definition) is 2. The Kier molecular flexibility index (Phi) is 3.89. The summed E-state index contributed by atoms with van der Waals surface area (Å²) in [5.74, 6) is 1.83. The number of hydrogen-bond donors (Lipinski definition) is 0. The fraction of sp³-hybridized carbons (Fsp3) is 0.706. The fourth-order valence-corrected chi connectivity index (χ4v) is 3.23. The number of rotatable bonds is 2. The Hall–Kier alpha value is -1.05. The maximum atomic E-state index is 4.67. The minimum atomic E-state index is 0.531. The Morgan fingerprint density at radius 2 is 1.84 bits per heavy atom. The van der Waals surface area contributed by atoms with E-state index < -0.39 is 0 Å². The molecule has 0 saturated carbocycles. The predicted octanol–water partition coefficient (Wildman–Crippen LogP) is 4.48. The van der Waals surface area contributed by atoms with E-state index in [-0.39, 0.29) is 0 Å². The van der Waals surface area contributed by atoms with Crippen LogP contribution in [0, 0.1) is 12.8 Å². The van der Waals surface area contributed by atoms with Crippen molar-refractivity contribution in [2.45, 2.75) is 66.3 Å². The van der Waals surface area contributed by atoms with Gasteiger partial charge in [-0.3, -0.25) is 4.98 Å². The summed E-state index contributed by atoms with van der Waals surface area (Å²) in [6.45, 7) is 17.2. The number of nitrogens with zero attached hydrogens (tertiary/aromatic N) is 2. The van der Waals surface area contributed by atoms with Crippen LogP contribution in [-0.2, 0) is 0 Å². The van der Waals surface area contributed by atoms with Crippen LogP contribution in [0.4, 0.5) is 5.69 Å². The standard InChI is InChI=1S/C17H28N2/c1-10(2)15-8-18-14(7)16-13(6)12(5)9-19(11(3)4)17(15)16/h8,10-13H,9H2,1-7H3/t12-,13-/m1/s1. The van der Waals surface area contributed by atoms with E-state index in [0.717, 1.165) is 6.54 Å². The van der Waals surface area contributed by atoms with Gasteiger partial charge in [-0.2, -0.15) is 0 Å². The highest BCUT2D eigenvalue weighted by molar-refractivity contribution is 5.65. The predicted molar refractivity (Wildman–Crippen MR) is 83.1 cm³/mol. The molecule has 2 atom stereocenters. The lowest BCUT2D eigenvalue weighted by atomic mass is 9.80. The smallest absolute Gasteiger partial charge is 0.0472 e. The number of fused-ring (bicyclic) bond motifs is 1. The van der Waals surface area contributed by atoms with Gasteiger partial charge in [-0.1, -0.05) is 27.7 Å². The van der Waals surface area contributed by atoms with Gasteiger partial charge in [-0.15, -0.1) is 0 Å². The topological polar surface area (TPSA) is 16.1 Å². The quantitative estimate of drug-likeness (QED) is 0.779. The van der Waals surface area contributed by atoms with Crippen LogP contribution in [0.3, 0.4) is 0 Å². The second kappa shape index (κ2) is 5.15. The first-order chi connectivity index (χ1) is 8.84. The highest BCUT2D eigenvalue weighted by atomic mass is 15.2. The monoisotopic (exact) mass is 260 g/mol. The van der Waals surface area contributed by atoms with Gasteiger partial charge < -0.3 is 4.90 Å². The fourth-order valence-electron chi connectivity index (χ4n) is 3.23. The van der Waals surface area contributed by atoms with Crippen LogP contribution in [0.5, 0.6) is 0 Å². The van der Waals surface area contributed by atoms with E-state index in [2.05, 4.69) is 64.5 Å². The molecule has 1 aliphatic rings. The lowest BCUT2D eigenvalue weighted by molar-refractivity contribution is 0.435. The molecule has 2 heterocycles. The van der Waals surface area contributed by atoms with Crippen molar-refractivity contribution in [2.75, 3.05) is 11.4 Å². The maximum absolute atomic E-state index is 4.67. The summed E-state index contributed by atoms with van der Waals surface area (Å²) in [7, 11) is 0. The number of anilines is 1. The lowest BCUT2D eigenvalue weighted by Gasteiger charge is -2.43. The third-order valence-electron chi connectivity index (χ3n) is 4.64. The number of aromatic nitrogens is 1. The molecule has 2 heteroatoms. The lowest BCUT2D eigenvalue weighted by Crippen LogP contribution is -2.41. The zero-order valence-corrected chi connectivity index (χ0v) is 13.5. The molecule has 1 aliphatic heterocycles. The van der Waals surface area contributed by atoms with Gasteiger partial charge in [0.15, 0.2) is 0 Å². The van der Waals surface area contributed by atoms with Gasteiger partial charge >= 0.3 is 0 Å². The summed E-state index contributed by atoms with van der Waals surface area (Å²) in [6.07, 6.45) is 2.09. The summed E-state index contributed by atoms with van der Waals surface area (Å²) in [5.41, 5.74) is 5.58. The summed E-state index contributed by atoms with van der Waals surface area (Å²) in [6, 6.07) is 0.549. The van der Waals surface area contributed by atoms with Crippen molar-refractivity contribution in [3.8, 4) is 0 Å². The van der Waals surface area contributed by atoms with Gasteiger partial charge in [-0.05, 0) is 44.1 Å². The third-order valence-corrected chi connectivity index (χ3v) is 4.64. The van der Waals surface area contributed by atoms with Gasteiger partial charge in [-0.25, -0.2) is 0 Å². The first-order valence-corrected chi connectivity index (χ1v) is 7.60. The Morgan fingerprint density at radius 3 is 2.37 bits per heavy atom. The van der Waals surface area contributed by atoms with Crippen molar-refractivity contribution in [3.05, 3.63) is 23.0 Å². The molecule has 1 aromatic heterocycles. The molecule has 2 nitrogen and oxygen atoms in total. The molecule has 106 valence electrons. The molecule has 0 radical (unpaired) electrons. The zero-order chi connectivity index (χ0) is 14.3. The molecule has 0 N–H and O–H groups in total. The molecule has 0 unspecified atom stereocenters. The summed E-state index contributed by atoms with van der Waals surface area (Å²) in [4.78, 5) is 7.25. The molecule has 0 aliphatic carbocycles. The Morgan fingerprint density at radius 1 is 1.21 bits per heavy atom. The second-order valence-electron chi connectivity index (χ2n) is 6.73. The molecule has 0 aromatic carbocycles. The van der Waals surface area contributed by atoms with Crippen molar-refractivity contribution >= 4 is 5.69 Å². The third kappa shape index (κ3) is 2.37. The second-order valence-corrected chi connectivity index (χ2v) is 6.73. The highest BCUT2D eigenvalue weighted by Crippen LogP contribution is 2.44. The molecular weight excluding hydrogens is 232 g/mol. The SMILES string of the molecule is Cc1ncc(C(C)C)c2c1[C@H](C)[C@H](C)CN2C(C)C. The normalized spacial score (nSPS) is 23.1. The van der Waals surface area contributed by atoms with Crippen LogP contribution in [-0.4, -0.2) is 17.6 Å². The molecule has 0 saturated heterocycles. The van der Waals surface area contributed by atoms with Crippen LogP contribution < -0.4 is 4.90 Å². The zero-order valence-electron chi connectivity index (χ0n) is 13.5. The van der Waals surface area contributed by atoms with Crippen molar-refractivity contribution < 1.29 is 0 Å². The molecule has 0 fully saturated rings. The Labute approximate surface area is 118 Å². The van der Waals surface area contributed by atoms with Crippen LogP contribution in [0.2, 0.25) is 0 Å². The molecule has 2 rings (SSSR count). The van der Waals surface area contributed by atoms with E-state index in [1.165, 1.54) is 22.5 Å². The van der Waals surface area contributed by atoms with E-state index in [0.29, 0.717) is 23.8 Å². The molecule has 0 spiro atoms. The summed E-state index contributed by atoms with van der Waals surface area (Å²) >= 11 is 0. The van der Waals surface area contributed by atoms with Crippen molar-refractivity contribution in [1.29, 1.82) is 0 Å². The van der Waals surface area contributed by atoms with Gasteiger partial charge in [0.2, 0.25) is 0 Å². The highest BCUT2D eigenvalue weighted by Gasteiger charge is 2.33. The minimum Gasteiger partial charge on any atom is -0.368 e. The molecule has 19 heavy (non-hydrogen) atoms. The van der Waals surface area contributed by atoms with Gasteiger partial charge in [0.05, 0.1) is 0 Å². The Balaban J connectivity index is 2.68. The van der Waals surface area contributed by atoms with Crippen molar-refractivity contribution in [1.82, 2.24) is 4.98 Å². The van der Waals surface area contributed by atoms with Gasteiger partial charge in [0.25, 0.3) is 0 Å². The average Bonchev–Trinajstić information content (AvgIpc) is 2.32. The van der Waals surface area contributed by atoms with Gasteiger partial charge in [0, 0.05) is 35.7 Å². The average molecular weight is 260 g/mol. The maximum Gasteiger partial charge on any atom is 0.0472 e. The minimum absolute atomic E-state index is 0.531. The van der Waals surface area contributed by atoms with Crippen LogP contribution in [0.1, 0.15) is 70.2 Å². The van der Waals surface area contributed by atoms with Gasteiger partial charge in [0.1, 0.15) is 0 Å². The molecule has 0 amide bonds. The van der Waals surface area contributed by atoms with E-state index in [4.69, 9.17) is 0 Å². The largest absolute Gasteiger partial charge is 0.368 e. The number of aryl methyl sites for hydroxylation is 1. The molecular formula is C17H28N2. The van der Waals surface area contributed by atoms with Crippen molar-refractivity contribution in [2.24, 2.45) is 5.92 Å². The van der Waals surface area contributed by atoms with E-state index in [9.17, 15) is 0 Å². The first-order valence-electron chi connectivity index (χ1n) is 7.60. The van der Waals surface area contributed by atoms with E-state index in [1.807, 2.05) is 0 Å². The summed E-state index contributed by atoms with van der Waals surface area (Å²) in [5, 5.41) is 0.